The van der Waals surface area contributed by atoms with E-state index in [9.17, 15) is 22.4 Å². The zero-order valence-corrected chi connectivity index (χ0v) is 18.1. The highest BCUT2D eigenvalue weighted by atomic mass is 19.4. The van der Waals surface area contributed by atoms with Crippen molar-refractivity contribution in [3.63, 3.8) is 0 Å². The van der Waals surface area contributed by atoms with Crippen molar-refractivity contribution in [2.75, 3.05) is 0 Å². The highest BCUT2D eigenvalue weighted by Gasteiger charge is 2.43. The molecule has 1 N–H and O–H groups in total. The molecule has 0 aliphatic carbocycles. The third kappa shape index (κ3) is 3.70. The number of benzene rings is 1. The van der Waals surface area contributed by atoms with E-state index in [2.05, 4.69) is 20.3 Å². The monoisotopic (exact) mass is 463 g/mol. The molecule has 0 saturated carbocycles. The summed E-state index contributed by atoms with van der Waals surface area (Å²) in [7, 11) is 0. The Bertz CT molecular complexity index is 1370. The molecule has 0 amide bonds. The quantitative estimate of drug-likeness (QED) is 0.404. The number of hydrogen-bond acceptors (Lipinski definition) is 5. The van der Waals surface area contributed by atoms with Crippen molar-refractivity contribution in [1.29, 1.82) is 0 Å². The van der Waals surface area contributed by atoms with Gasteiger partial charge in [0.25, 0.3) is 5.56 Å². The molecular weight excluding hydrogens is 442 g/mol. The summed E-state index contributed by atoms with van der Waals surface area (Å²) in [5, 5.41) is 11.2. The number of aromatic nitrogens is 5. The summed E-state index contributed by atoms with van der Waals surface area (Å²) in [4.78, 5) is 15.8. The Kier molecular flexibility index (Phi) is 5.59. The van der Waals surface area contributed by atoms with Crippen molar-refractivity contribution in [2.24, 2.45) is 0 Å². The summed E-state index contributed by atoms with van der Waals surface area (Å²) in [5.74, 6) is -2.22. The summed E-state index contributed by atoms with van der Waals surface area (Å²) >= 11 is 0. The minimum atomic E-state index is -4.79. The van der Waals surface area contributed by atoms with Gasteiger partial charge in [0.1, 0.15) is 5.82 Å². The van der Waals surface area contributed by atoms with E-state index in [1.54, 1.807) is 30.7 Å². The maximum Gasteiger partial charge on any atom is 0.470 e. The summed E-state index contributed by atoms with van der Waals surface area (Å²) < 4.78 is 60.2. The largest absolute Gasteiger partial charge is 0.470 e. The molecule has 3 heterocycles. The Hall–Kier alpha value is -3.50. The average Bonchev–Trinajstić information content (AvgIpc) is 3.43. The minimum absolute atomic E-state index is 0.189. The summed E-state index contributed by atoms with van der Waals surface area (Å²) in [6.07, 6.45) is -2.84. The van der Waals surface area contributed by atoms with Gasteiger partial charge in [-0.25, -0.2) is 4.39 Å². The Labute approximate surface area is 185 Å². The van der Waals surface area contributed by atoms with E-state index >= 15 is 0 Å². The molecule has 7 nitrogen and oxygen atoms in total. The van der Waals surface area contributed by atoms with E-state index in [4.69, 9.17) is 4.42 Å². The van der Waals surface area contributed by atoms with Gasteiger partial charge < -0.3 is 9.40 Å². The lowest BCUT2D eigenvalue weighted by atomic mass is 9.76. The molecule has 0 spiro atoms. The van der Waals surface area contributed by atoms with Gasteiger partial charge in [0, 0.05) is 23.4 Å². The van der Waals surface area contributed by atoms with Crippen LogP contribution >= 0.6 is 0 Å². The number of aryl methyl sites for hydroxylation is 1. The Morgan fingerprint density at radius 1 is 1.06 bits per heavy atom. The molecule has 0 aliphatic rings. The van der Waals surface area contributed by atoms with Crippen molar-refractivity contribution in [3.05, 3.63) is 64.0 Å². The van der Waals surface area contributed by atoms with Crippen molar-refractivity contribution in [3.8, 4) is 11.3 Å². The van der Waals surface area contributed by atoms with Crippen LogP contribution in [0.2, 0.25) is 0 Å². The van der Waals surface area contributed by atoms with E-state index in [1.165, 1.54) is 18.3 Å². The molecule has 4 aromatic rings. The summed E-state index contributed by atoms with van der Waals surface area (Å²) in [6, 6.07) is 6.12. The van der Waals surface area contributed by atoms with Gasteiger partial charge in [-0.3, -0.25) is 9.48 Å². The van der Waals surface area contributed by atoms with Crippen LogP contribution in [0.15, 0.2) is 39.7 Å². The Morgan fingerprint density at radius 2 is 1.76 bits per heavy atom. The fourth-order valence-corrected chi connectivity index (χ4v) is 4.14. The predicted molar refractivity (Wildman–Crippen MR) is 112 cm³/mol. The smallest absolute Gasteiger partial charge is 0.416 e. The lowest BCUT2D eigenvalue weighted by Gasteiger charge is -2.27. The molecule has 0 atom stereocenters. The normalized spacial score (nSPS) is 12.6. The number of rotatable bonds is 6. The van der Waals surface area contributed by atoms with Crippen molar-refractivity contribution in [1.82, 2.24) is 25.0 Å². The maximum atomic E-state index is 14.6. The van der Waals surface area contributed by atoms with Crippen LogP contribution in [0.1, 0.15) is 51.0 Å². The summed E-state index contributed by atoms with van der Waals surface area (Å²) in [6.45, 7) is 5.87. The number of hydrogen-bond donors (Lipinski definition) is 1. The molecule has 0 bridgehead atoms. The third-order valence-electron chi connectivity index (χ3n) is 6.03. The average molecular weight is 463 g/mol. The number of halogens is 4. The number of fused-ring (bicyclic) bond motifs is 1. The second-order valence-electron chi connectivity index (χ2n) is 7.67. The lowest BCUT2D eigenvalue weighted by Crippen LogP contribution is -2.33. The van der Waals surface area contributed by atoms with Gasteiger partial charge in [-0.15, -0.1) is 10.2 Å². The second kappa shape index (κ2) is 8.13. The molecule has 0 unspecified atom stereocenters. The fourth-order valence-electron chi connectivity index (χ4n) is 4.14. The SMILES string of the molecule is CCn1ncc2c(F)cc(-c3ccc(C(CC)(CC)c4nnc(C(F)(F)F)o4)c(=O)[nH]3)cc21. The van der Waals surface area contributed by atoms with Gasteiger partial charge >= 0.3 is 12.1 Å². The first-order chi connectivity index (χ1) is 15.6. The van der Waals surface area contributed by atoms with E-state index in [-0.39, 0.29) is 24.3 Å². The van der Waals surface area contributed by atoms with Crippen LogP contribution in [0.4, 0.5) is 17.6 Å². The molecule has 0 aliphatic heterocycles. The molecule has 0 fully saturated rings. The van der Waals surface area contributed by atoms with E-state index < -0.39 is 28.9 Å². The van der Waals surface area contributed by atoms with Gasteiger partial charge in [0.15, 0.2) is 0 Å². The zero-order valence-electron chi connectivity index (χ0n) is 18.1. The van der Waals surface area contributed by atoms with E-state index in [1.807, 2.05) is 6.92 Å². The molecule has 174 valence electrons. The number of alkyl halides is 3. The van der Waals surface area contributed by atoms with Crippen LogP contribution in [-0.4, -0.2) is 25.0 Å². The standard InChI is InChI=1S/C22H21F4N5O2/c1-4-21(5-2,19-29-30-20(33-19)22(24,25)26)14-7-8-16(28-18(14)32)12-9-15(23)13-11-27-31(6-3)17(13)10-12/h7-11H,4-6H2,1-3H3,(H,28,32). The first kappa shape index (κ1) is 22.7. The first-order valence-electron chi connectivity index (χ1n) is 10.4. The van der Waals surface area contributed by atoms with Crippen molar-refractivity contribution in [2.45, 2.75) is 51.7 Å². The number of pyridine rings is 1. The minimum Gasteiger partial charge on any atom is -0.416 e. The molecule has 1 aromatic carbocycles. The van der Waals surface area contributed by atoms with E-state index in [0.29, 0.717) is 28.7 Å². The van der Waals surface area contributed by atoms with Crippen LogP contribution in [0.5, 0.6) is 0 Å². The third-order valence-corrected chi connectivity index (χ3v) is 6.03. The van der Waals surface area contributed by atoms with Crippen LogP contribution < -0.4 is 5.56 Å². The van der Waals surface area contributed by atoms with Gasteiger partial charge in [0.05, 0.1) is 22.5 Å². The van der Waals surface area contributed by atoms with Gasteiger partial charge in [-0.05, 0) is 38.0 Å². The van der Waals surface area contributed by atoms with Gasteiger partial charge in [-0.1, -0.05) is 19.9 Å². The highest BCUT2D eigenvalue weighted by Crippen LogP contribution is 2.39. The number of H-pyrrole nitrogens is 1. The van der Waals surface area contributed by atoms with Crippen LogP contribution in [0.25, 0.3) is 22.2 Å². The fraction of sp³-hybridized carbons (Fsp3) is 0.364. The van der Waals surface area contributed by atoms with Crippen LogP contribution in [0, 0.1) is 5.82 Å². The number of aromatic amines is 1. The maximum absolute atomic E-state index is 14.6. The van der Waals surface area contributed by atoms with Crippen LogP contribution in [0.3, 0.4) is 0 Å². The Balaban J connectivity index is 1.81. The van der Waals surface area contributed by atoms with Gasteiger partial charge in [-0.2, -0.15) is 18.3 Å². The number of nitrogens with one attached hydrogen (secondary N) is 1. The lowest BCUT2D eigenvalue weighted by molar-refractivity contribution is -0.157. The molecule has 4 rings (SSSR count). The molecule has 0 saturated heterocycles. The zero-order chi connectivity index (χ0) is 24.0. The second-order valence-corrected chi connectivity index (χ2v) is 7.67. The number of nitrogens with zero attached hydrogens (tertiary/aromatic N) is 4. The molecular formula is C22H21F4N5O2. The van der Waals surface area contributed by atoms with E-state index in [0.717, 1.165) is 0 Å². The topological polar surface area (TPSA) is 89.6 Å². The molecule has 0 radical (unpaired) electrons. The van der Waals surface area contributed by atoms with Crippen LogP contribution in [-0.2, 0) is 18.1 Å². The summed E-state index contributed by atoms with van der Waals surface area (Å²) in [5.41, 5.74) is -0.176. The van der Waals surface area contributed by atoms with Crippen molar-refractivity contribution >= 4 is 10.9 Å². The highest BCUT2D eigenvalue weighted by molar-refractivity contribution is 5.84. The van der Waals surface area contributed by atoms with Crippen molar-refractivity contribution < 1.29 is 22.0 Å². The molecule has 11 heteroatoms. The molecule has 33 heavy (non-hydrogen) atoms. The van der Waals surface area contributed by atoms with Gasteiger partial charge in [0.2, 0.25) is 5.89 Å². The first-order valence-corrected chi connectivity index (χ1v) is 10.4. The molecule has 3 aromatic heterocycles. The Morgan fingerprint density at radius 3 is 2.33 bits per heavy atom. The predicted octanol–water partition coefficient (Wildman–Crippen LogP) is 5.06.